The third kappa shape index (κ3) is 3.19. The van der Waals surface area contributed by atoms with Gasteiger partial charge in [-0.05, 0) is 24.3 Å². The number of carbonyl (C=O) groups is 2. The van der Waals surface area contributed by atoms with Gasteiger partial charge in [0.15, 0.2) is 0 Å². The van der Waals surface area contributed by atoms with Crippen LogP contribution in [-0.2, 0) is 0 Å². The number of hydrogen-bond donors (Lipinski definition) is 4. The molecule has 0 bridgehead atoms. The average Bonchev–Trinajstić information content (AvgIpc) is 2.41. The smallest absolute Gasteiger partial charge is 0.339 e. The average molecular weight is 274 g/mol. The van der Waals surface area contributed by atoms with Gasteiger partial charge < -0.3 is 15.5 Å². The molecule has 0 radical (unpaired) electrons. The molecular weight excluding hydrogens is 264 g/mol. The molecule has 8 heteroatoms. The zero-order valence-electron chi connectivity index (χ0n) is 10.1. The van der Waals surface area contributed by atoms with Crippen LogP contribution in [0.5, 0.6) is 5.75 Å². The fourth-order valence-electron chi connectivity index (χ4n) is 1.41. The first-order valence-electron chi connectivity index (χ1n) is 5.47. The third-order valence-corrected chi connectivity index (χ3v) is 2.28. The highest BCUT2D eigenvalue weighted by molar-refractivity contribution is 6.00. The minimum Gasteiger partial charge on any atom is -0.507 e. The second-order valence-electron chi connectivity index (χ2n) is 3.69. The number of nitrogens with one attached hydrogen (secondary N) is 2. The van der Waals surface area contributed by atoms with Gasteiger partial charge in [-0.15, -0.1) is 0 Å². The van der Waals surface area contributed by atoms with Crippen molar-refractivity contribution in [1.82, 2.24) is 9.97 Å². The van der Waals surface area contributed by atoms with Gasteiger partial charge in [0.2, 0.25) is 5.95 Å². The summed E-state index contributed by atoms with van der Waals surface area (Å²) in [5, 5.41) is 23.0. The van der Waals surface area contributed by atoms with Crippen LogP contribution in [0.1, 0.15) is 10.4 Å². The van der Waals surface area contributed by atoms with Gasteiger partial charge in [-0.2, -0.15) is 0 Å². The van der Waals surface area contributed by atoms with Crippen LogP contribution < -0.4 is 10.6 Å². The third-order valence-electron chi connectivity index (χ3n) is 2.28. The van der Waals surface area contributed by atoms with Crippen molar-refractivity contribution < 1.29 is 19.8 Å². The molecule has 0 fully saturated rings. The molecule has 0 atom stereocenters. The Morgan fingerprint density at radius 2 is 1.80 bits per heavy atom. The number of aromatic carboxylic acids is 1. The molecule has 0 unspecified atom stereocenters. The van der Waals surface area contributed by atoms with Crippen LogP contribution in [-0.4, -0.2) is 32.2 Å². The summed E-state index contributed by atoms with van der Waals surface area (Å²) in [6, 6.07) is 4.66. The number of phenols is 1. The second-order valence-corrected chi connectivity index (χ2v) is 3.69. The largest absolute Gasteiger partial charge is 0.507 e. The second kappa shape index (κ2) is 5.65. The first kappa shape index (κ1) is 13.3. The first-order valence-corrected chi connectivity index (χ1v) is 5.47. The van der Waals surface area contributed by atoms with Crippen molar-refractivity contribution in [3.8, 4) is 5.75 Å². The Hall–Kier alpha value is -3.16. The Kier molecular flexibility index (Phi) is 3.75. The normalized spacial score (nSPS) is 9.80. The summed E-state index contributed by atoms with van der Waals surface area (Å²) in [6.45, 7) is 0. The van der Waals surface area contributed by atoms with Gasteiger partial charge in [-0.1, -0.05) is 0 Å². The molecule has 1 aromatic heterocycles. The maximum absolute atomic E-state index is 11.6. The molecule has 2 rings (SSSR count). The van der Waals surface area contributed by atoms with Gasteiger partial charge in [-0.3, -0.25) is 5.32 Å². The molecule has 1 heterocycles. The molecule has 2 aromatic rings. The summed E-state index contributed by atoms with van der Waals surface area (Å²) in [6.07, 6.45) is 2.93. The van der Waals surface area contributed by atoms with E-state index >= 15 is 0 Å². The highest BCUT2D eigenvalue weighted by atomic mass is 16.4. The maximum atomic E-state index is 11.6. The van der Waals surface area contributed by atoms with E-state index in [1.807, 2.05) is 0 Å². The first-order chi connectivity index (χ1) is 9.56. The number of carboxylic acids is 1. The van der Waals surface area contributed by atoms with Crippen molar-refractivity contribution in [1.29, 1.82) is 0 Å². The van der Waals surface area contributed by atoms with Crippen molar-refractivity contribution in [3.05, 3.63) is 42.2 Å². The van der Waals surface area contributed by atoms with Crippen molar-refractivity contribution in [2.75, 3.05) is 10.6 Å². The number of anilines is 2. The monoisotopic (exact) mass is 274 g/mol. The molecule has 20 heavy (non-hydrogen) atoms. The van der Waals surface area contributed by atoms with Crippen LogP contribution in [0, 0.1) is 0 Å². The lowest BCUT2D eigenvalue weighted by Crippen LogP contribution is -2.20. The Balaban J connectivity index is 2.08. The lowest BCUT2D eigenvalue weighted by molar-refractivity contribution is 0.0693. The maximum Gasteiger partial charge on any atom is 0.339 e. The fourth-order valence-corrected chi connectivity index (χ4v) is 1.41. The zero-order valence-corrected chi connectivity index (χ0v) is 10.1. The number of benzene rings is 1. The summed E-state index contributed by atoms with van der Waals surface area (Å²) in [7, 11) is 0. The number of carbonyl (C=O) groups excluding carboxylic acids is 1. The molecule has 8 nitrogen and oxygen atoms in total. The summed E-state index contributed by atoms with van der Waals surface area (Å²) >= 11 is 0. The van der Waals surface area contributed by atoms with E-state index in [0.29, 0.717) is 0 Å². The van der Waals surface area contributed by atoms with Crippen LogP contribution in [0.2, 0.25) is 0 Å². The van der Waals surface area contributed by atoms with Gasteiger partial charge >= 0.3 is 12.0 Å². The number of urea groups is 1. The van der Waals surface area contributed by atoms with Gasteiger partial charge in [0.05, 0.1) is 0 Å². The molecular formula is C12H10N4O4. The quantitative estimate of drug-likeness (QED) is 0.629. The Morgan fingerprint density at radius 3 is 2.45 bits per heavy atom. The summed E-state index contributed by atoms with van der Waals surface area (Å²) < 4.78 is 0. The van der Waals surface area contributed by atoms with E-state index in [9.17, 15) is 14.7 Å². The number of aromatic nitrogens is 2. The summed E-state index contributed by atoms with van der Waals surface area (Å²) in [4.78, 5) is 30.1. The van der Waals surface area contributed by atoms with Crippen LogP contribution in [0.4, 0.5) is 16.4 Å². The highest BCUT2D eigenvalue weighted by Gasteiger charge is 2.11. The number of aromatic hydroxyl groups is 1. The molecule has 0 aliphatic heterocycles. The minimum atomic E-state index is -1.29. The Morgan fingerprint density at radius 1 is 1.10 bits per heavy atom. The van der Waals surface area contributed by atoms with E-state index in [0.717, 1.165) is 6.07 Å². The fraction of sp³-hybridized carbons (Fsp3) is 0. The number of amides is 2. The molecule has 0 aliphatic rings. The van der Waals surface area contributed by atoms with Crippen molar-refractivity contribution in [2.24, 2.45) is 0 Å². The Labute approximate surface area is 113 Å². The highest BCUT2D eigenvalue weighted by Crippen LogP contribution is 2.21. The van der Waals surface area contributed by atoms with Gasteiger partial charge in [-0.25, -0.2) is 19.6 Å². The predicted molar refractivity (Wildman–Crippen MR) is 69.7 cm³/mol. The molecule has 0 aliphatic carbocycles. The lowest BCUT2D eigenvalue weighted by Gasteiger charge is -2.07. The van der Waals surface area contributed by atoms with Crippen LogP contribution in [0.15, 0.2) is 36.7 Å². The zero-order chi connectivity index (χ0) is 14.5. The van der Waals surface area contributed by atoms with Crippen molar-refractivity contribution >= 4 is 23.6 Å². The van der Waals surface area contributed by atoms with Crippen LogP contribution in [0.25, 0.3) is 0 Å². The van der Waals surface area contributed by atoms with E-state index < -0.39 is 12.0 Å². The predicted octanol–water partition coefficient (Wildman–Crippen LogP) is 1.52. The standard InChI is InChI=1S/C12H10N4O4/c17-9-3-2-7(6-8(9)10(18)19)15-12(20)16-11-13-4-1-5-14-11/h1-6,17H,(H,18,19)(H2,13,14,15,16,20). The molecule has 2 amide bonds. The molecule has 102 valence electrons. The van der Waals surface area contributed by atoms with Crippen molar-refractivity contribution in [2.45, 2.75) is 0 Å². The van der Waals surface area contributed by atoms with Crippen LogP contribution in [0.3, 0.4) is 0 Å². The van der Waals surface area contributed by atoms with Gasteiger partial charge in [0.1, 0.15) is 11.3 Å². The minimum absolute atomic E-state index is 0.113. The SMILES string of the molecule is O=C(Nc1ccc(O)c(C(=O)O)c1)Nc1ncccn1. The molecule has 0 saturated heterocycles. The number of rotatable bonds is 3. The van der Waals surface area contributed by atoms with Gasteiger partial charge in [0, 0.05) is 18.1 Å². The number of hydrogen-bond acceptors (Lipinski definition) is 5. The van der Waals surface area contributed by atoms with E-state index in [1.54, 1.807) is 6.07 Å². The topological polar surface area (TPSA) is 124 Å². The van der Waals surface area contributed by atoms with E-state index in [1.165, 1.54) is 24.5 Å². The molecule has 4 N–H and O–H groups in total. The number of nitrogens with zero attached hydrogens (tertiary/aromatic N) is 2. The summed E-state index contributed by atoms with van der Waals surface area (Å²) in [5.41, 5.74) is -0.0904. The summed E-state index contributed by atoms with van der Waals surface area (Å²) in [5.74, 6) is -1.56. The van der Waals surface area contributed by atoms with Crippen molar-refractivity contribution in [3.63, 3.8) is 0 Å². The van der Waals surface area contributed by atoms with Gasteiger partial charge in [0.25, 0.3) is 0 Å². The van der Waals surface area contributed by atoms with E-state index in [4.69, 9.17) is 5.11 Å². The molecule has 0 spiro atoms. The number of carboxylic acid groups (broad SMARTS) is 1. The lowest BCUT2D eigenvalue weighted by atomic mass is 10.2. The van der Waals surface area contributed by atoms with E-state index in [-0.39, 0.29) is 22.9 Å². The molecule has 1 aromatic carbocycles. The van der Waals surface area contributed by atoms with Crippen LogP contribution >= 0.6 is 0 Å². The Bertz CT molecular complexity index is 645. The molecule has 0 saturated carbocycles. The van der Waals surface area contributed by atoms with E-state index in [2.05, 4.69) is 20.6 Å².